The van der Waals surface area contributed by atoms with E-state index in [1.165, 1.54) is 24.0 Å². The first-order valence-electron chi connectivity index (χ1n) is 9.11. The summed E-state index contributed by atoms with van der Waals surface area (Å²) in [6.45, 7) is 0.854. The van der Waals surface area contributed by atoms with Crippen LogP contribution in [0.1, 0.15) is 22.3 Å². The molecule has 0 radical (unpaired) electrons. The van der Waals surface area contributed by atoms with Crippen LogP contribution in [0.2, 0.25) is 0 Å². The van der Waals surface area contributed by atoms with Gasteiger partial charge in [0.2, 0.25) is 0 Å². The highest BCUT2D eigenvalue weighted by molar-refractivity contribution is 7.80. The van der Waals surface area contributed by atoms with Gasteiger partial charge in [0, 0.05) is 17.1 Å². The topological polar surface area (TPSA) is 41.6 Å². The second-order valence-corrected chi connectivity index (χ2v) is 7.96. The zero-order valence-electron chi connectivity index (χ0n) is 15.5. The normalized spacial score (nSPS) is 13.0. The largest absolute Gasteiger partial charge is 0.465 e. The van der Waals surface area contributed by atoms with Crippen LogP contribution in [0.25, 0.3) is 10.4 Å². The van der Waals surface area contributed by atoms with E-state index < -0.39 is 0 Å². The molecule has 0 amide bonds. The Labute approximate surface area is 173 Å². The number of carbonyl (C=O) groups excluding carboxylic acids is 1. The van der Waals surface area contributed by atoms with Gasteiger partial charge in [0.05, 0.1) is 12.7 Å². The molecule has 1 aliphatic rings. The minimum atomic E-state index is -0.372. The Bertz CT molecular complexity index is 1010. The predicted octanol–water partition coefficient (Wildman–Crippen LogP) is 5.35. The lowest BCUT2D eigenvalue weighted by molar-refractivity contribution is 0.0602. The SMILES string of the molecule is COC(=O)c1cc(-c2ccccc2)sc1NC(=S)N1CCCc2ccccc21. The first-order chi connectivity index (χ1) is 13.7. The summed E-state index contributed by atoms with van der Waals surface area (Å²) in [4.78, 5) is 15.4. The standard InChI is InChI=1S/C22H20N2O2S2/c1-26-21(25)17-14-19(16-9-3-2-4-10-16)28-20(17)23-22(27)24-13-7-11-15-8-5-6-12-18(15)24/h2-6,8-10,12,14H,7,11,13H2,1H3,(H,23,27). The molecule has 0 unspecified atom stereocenters. The molecule has 0 bridgehead atoms. The van der Waals surface area contributed by atoms with Gasteiger partial charge < -0.3 is 15.0 Å². The zero-order valence-corrected chi connectivity index (χ0v) is 17.1. The fourth-order valence-electron chi connectivity index (χ4n) is 3.40. The van der Waals surface area contributed by atoms with Crippen LogP contribution in [0, 0.1) is 0 Å². The van der Waals surface area contributed by atoms with E-state index in [0.29, 0.717) is 15.7 Å². The van der Waals surface area contributed by atoms with Gasteiger partial charge in [-0.25, -0.2) is 4.79 Å². The molecule has 0 fully saturated rings. The molecule has 1 aromatic heterocycles. The molecule has 3 aromatic rings. The zero-order chi connectivity index (χ0) is 19.5. The third kappa shape index (κ3) is 3.66. The molecule has 1 aliphatic heterocycles. The van der Waals surface area contributed by atoms with E-state index in [0.717, 1.165) is 35.5 Å². The number of carbonyl (C=O) groups is 1. The van der Waals surface area contributed by atoms with Crippen molar-refractivity contribution in [2.24, 2.45) is 0 Å². The van der Waals surface area contributed by atoms with E-state index in [2.05, 4.69) is 28.4 Å². The number of hydrogen-bond acceptors (Lipinski definition) is 4. The number of thiophene rings is 1. The Hall–Kier alpha value is -2.70. The average Bonchev–Trinajstić information content (AvgIpc) is 3.17. The van der Waals surface area contributed by atoms with Crippen molar-refractivity contribution in [2.75, 3.05) is 23.9 Å². The maximum absolute atomic E-state index is 12.3. The Morgan fingerprint density at radius 2 is 1.89 bits per heavy atom. The van der Waals surface area contributed by atoms with Gasteiger partial charge in [-0.15, -0.1) is 11.3 Å². The summed E-state index contributed by atoms with van der Waals surface area (Å²) in [6, 6.07) is 20.2. The Morgan fingerprint density at radius 1 is 1.14 bits per heavy atom. The summed E-state index contributed by atoms with van der Waals surface area (Å²) in [7, 11) is 1.39. The minimum absolute atomic E-state index is 0.372. The molecular weight excluding hydrogens is 388 g/mol. The van der Waals surface area contributed by atoms with E-state index in [-0.39, 0.29) is 5.97 Å². The molecular formula is C22H20N2O2S2. The highest BCUT2D eigenvalue weighted by atomic mass is 32.1. The van der Waals surface area contributed by atoms with E-state index in [1.807, 2.05) is 42.5 Å². The third-order valence-electron chi connectivity index (χ3n) is 4.77. The van der Waals surface area contributed by atoms with Crippen molar-refractivity contribution >= 4 is 45.3 Å². The number of para-hydroxylation sites is 1. The summed E-state index contributed by atoms with van der Waals surface area (Å²) in [6.07, 6.45) is 2.10. The van der Waals surface area contributed by atoms with E-state index in [9.17, 15) is 4.79 Å². The monoisotopic (exact) mass is 408 g/mol. The minimum Gasteiger partial charge on any atom is -0.465 e. The fraction of sp³-hybridized carbons (Fsp3) is 0.182. The number of benzene rings is 2. The summed E-state index contributed by atoms with van der Waals surface area (Å²) < 4.78 is 4.98. The van der Waals surface area contributed by atoms with Gasteiger partial charge in [0.1, 0.15) is 5.00 Å². The molecule has 6 heteroatoms. The van der Waals surface area contributed by atoms with Crippen molar-refractivity contribution in [3.63, 3.8) is 0 Å². The summed E-state index contributed by atoms with van der Waals surface area (Å²) in [5, 5.41) is 4.60. The van der Waals surface area contributed by atoms with Gasteiger partial charge in [-0.3, -0.25) is 0 Å². The van der Waals surface area contributed by atoms with Crippen LogP contribution in [0.5, 0.6) is 0 Å². The van der Waals surface area contributed by atoms with Gasteiger partial charge in [-0.05, 0) is 48.3 Å². The van der Waals surface area contributed by atoms with Crippen LogP contribution in [-0.2, 0) is 11.2 Å². The van der Waals surface area contributed by atoms with Crippen molar-refractivity contribution < 1.29 is 9.53 Å². The number of anilines is 2. The number of nitrogens with zero attached hydrogens (tertiary/aromatic N) is 1. The van der Waals surface area contributed by atoms with E-state index >= 15 is 0 Å². The highest BCUT2D eigenvalue weighted by Gasteiger charge is 2.23. The van der Waals surface area contributed by atoms with Crippen molar-refractivity contribution in [3.8, 4) is 10.4 Å². The fourth-order valence-corrected chi connectivity index (χ4v) is 4.81. The number of hydrogen-bond donors (Lipinski definition) is 1. The second-order valence-electron chi connectivity index (χ2n) is 6.53. The van der Waals surface area contributed by atoms with Crippen molar-refractivity contribution in [3.05, 3.63) is 71.8 Å². The molecule has 142 valence electrons. The lowest BCUT2D eigenvalue weighted by Crippen LogP contribution is -2.38. The van der Waals surface area contributed by atoms with Crippen molar-refractivity contribution in [1.82, 2.24) is 0 Å². The number of aryl methyl sites for hydroxylation is 1. The predicted molar refractivity (Wildman–Crippen MR) is 119 cm³/mol. The lowest BCUT2D eigenvalue weighted by atomic mass is 10.0. The number of rotatable bonds is 3. The highest BCUT2D eigenvalue weighted by Crippen LogP contribution is 2.36. The molecule has 0 atom stereocenters. The van der Waals surface area contributed by atoms with Gasteiger partial charge in [0.15, 0.2) is 5.11 Å². The molecule has 0 saturated heterocycles. The van der Waals surface area contributed by atoms with Crippen LogP contribution >= 0.6 is 23.6 Å². The second kappa shape index (κ2) is 8.12. The van der Waals surface area contributed by atoms with E-state index in [1.54, 1.807) is 0 Å². The van der Waals surface area contributed by atoms with Crippen LogP contribution in [0.3, 0.4) is 0 Å². The number of thiocarbonyl (C=S) groups is 1. The van der Waals surface area contributed by atoms with Gasteiger partial charge in [0.25, 0.3) is 0 Å². The molecule has 28 heavy (non-hydrogen) atoms. The van der Waals surface area contributed by atoms with Crippen LogP contribution < -0.4 is 10.2 Å². The first kappa shape index (κ1) is 18.7. The van der Waals surface area contributed by atoms with Crippen LogP contribution in [0.4, 0.5) is 10.7 Å². The van der Waals surface area contributed by atoms with Crippen LogP contribution in [-0.4, -0.2) is 24.7 Å². The third-order valence-corrected chi connectivity index (χ3v) is 6.19. The number of methoxy groups -OCH3 is 1. The maximum Gasteiger partial charge on any atom is 0.340 e. The Morgan fingerprint density at radius 3 is 2.68 bits per heavy atom. The molecule has 2 heterocycles. The molecule has 2 aromatic carbocycles. The molecule has 4 rings (SSSR count). The van der Waals surface area contributed by atoms with Crippen LogP contribution in [0.15, 0.2) is 60.7 Å². The van der Waals surface area contributed by atoms with Gasteiger partial charge >= 0.3 is 5.97 Å². The number of ether oxygens (including phenoxy) is 1. The van der Waals surface area contributed by atoms with E-state index in [4.69, 9.17) is 17.0 Å². The Kier molecular flexibility index (Phi) is 5.41. The lowest BCUT2D eigenvalue weighted by Gasteiger charge is -2.31. The first-order valence-corrected chi connectivity index (χ1v) is 10.3. The molecule has 0 aliphatic carbocycles. The Balaban J connectivity index is 1.65. The van der Waals surface area contributed by atoms with Crippen molar-refractivity contribution in [1.29, 1.82) is 0 Å². The molecule has 1 N–H and O–H groups in total. The molecule has 4 nitrogen and oxygen atoms in total. The summed E-state index contributed by atoms with van der Waals surface area (Å²) in [5.74, 6) is -0.372. The maximum atomic E-state index is 12.3. The number of nitrogens with one attached hydrogen (secondary N) is 1. The molecule has 0 spiro atoms. The summed E-state index contributed by atoms with van der Waals surface area (Å²) in [5.41, 5.74) is 3.98. The van der Waals surface area contributed by atoms with Gasteiger partial charge in [-0.1, -0.05) is 48.5 Å². The summed E-state index contributed by atoms with van der Waals surface area (Å²) >= 11 is 7.21. The molecule has 0 saturated carbocycles. The van der Waals surface area contributed by atoms with Gasteiger partial charge in [-0.2, -0.15) is 0 Å². The number of fused-ring (bicyclic) bond motifs is 1. The smallest absolute Gasteiger partial charge is 0.340 e. The van der Waals surface area contributed by atoms with Crippen molar-refractivity contribution in [2.45, 2.75) is 12.8 Å². The average molecular weight is 409 g/mol. The number of esters is 1. The quantitative estimate of drug-likeness (QED) is 0.467.